The molecule has 5 nitrogen and oxygen atoms in total. The summed E-state index contributed by atoms with van der Waals surface area (Å²) in [7, 11) is 0. The van der Waals surface area contributed by atoms with Gasteiger partial charge in [0.1, 0.15) is 0 Å². The van der Waals surface area contributed by atoms with Gasteiger partial charge in [0.15, 0.2) is 11.6 Å². The summed E-state index contributed by atoms with van der Waals surface area (Å²) in [6, 6.07) is 27.0. The van der Waals surface area contributed by atoms with Gasteiger partial charge in [-0.25, -0.2) is 4.98 Å². The number of fused-ring (bicyclic) bond motifs is 4. The van der Waals surface area contributed by atoms with Crippen LogP contribution in [0.2, 0.25) is 0 Å². The van der Waals surface area contributed by atoms with Crippen molar-refractivity contribution in [3.8, 4) is 11.4 Å². The Morgan fingerprint density at radius 3 is 2.39 bits per heavy atom. The van der Waals surface area contributed by atoms with Gasteiger partial charge in [-0.05, 0) is 87.3 Å². The first-order valence-corrected chi connectivity index (χ1v) is 18.5. The van der Waals surface area contributed by atoms with Gasteiger partial charge >= 0.3 is 0 Å². The number of hydrogen-bond acceptors (Lipinski definition) is 4. The van der Waals surface area contributed by atoms with Crippen LogP contribution < -0.4 is 15.5 Å². The molecule has 1 atom stereocenters. The fourth-order valence-corrected chi connectivity index (χ4v) is 7.14. The topological polar surface area (TPSA) is 46.8 Å². The van der Waals surface area contributed by atoms with Gasteiger partial charge in [0.05, 0.1) is 22.6 Å². The molecular formula is C49H45N5. The van der Waals surface area contributed by atoms with Crippen molar-refractivity contribution in [2.75, 3.05) is 4.90 Å². The number of rotatable bonds is 8. The molecule has 0 amide bonds. The Bertz CT molecular complexity index is 2600. The van der Waals surface area contributed by atoms with E-state index < -0.39 is 0 Å². The summed E-state index contributed by atoms with van der Waals surface area (Å²) in [6.07, 6.45) is 28.6. The molecule has 0 bridgehead atoms. The Balaban J connectivity index is 1.39. The van der Waals surface area contributed by atoms with Crippen LogP contribution in [-0.4, -0.2) is 25.6 Å². The first-order chi connectivity index (χ1) is 26.4. The summed E-state index contributed by atoms with van der Waals surface area (Å²) in [5.74, 6) is 1.81. The summed E-state index contributed by atoms with van der Waals surface area (Å²) in [5.41, 5.74) is 9.15. The molecule has 2 aliphatic rings. The van der Waals surface area contributed by atoms with Crippen molar-refractivity contribution >= 4 is 51.5 Å². The van der Waals surface area contributed by atoms with Gasteiger partial charge in [-0.2, -0.15) is 9.97 Å². The molecule has 0 spiro atoms. The lowest BCUT2D eigenvalue weighted by Crippen LogP contribution is -2.30. The normalized spacial score (nSPS) is 18.0. The van der Waals surface area contributed by atoms with Crippen LogP contribution in [0, 0.1) is 0 Å². The van der Waals surface area contributed by atoms with Gasteiger partial charge < -0.3 is 9.47 Å². The van der Waals surface area contributed by atoms with E-state index in [2.05, 4.69) is 127 Å². The van der Waals surface area contributed by atoms with Crippen LogP contribution >= 0.6 is 0 Å². The van der Waals surface area contributed by atoms with Gasteiger partial charge in [-0.3, -0.25) is 0 Å². The molecule has 2 aromatic heterocycles. The number of allylic oxidation sites excluding steroid dienone is 15. The van der Waals surface area contributed by atoms with Gasteiger partial charge in [-0.1, -0.05) is 135 Å². The molecule has 7 rings (SSSR count). The molecule has 0 saturated heterocycles. The Kier molecular flexibility index (Phi) is 10.6. The van der Waals surface area contributed by atoms with Gasteiger partial charge in [-0.15, -0.1) is 0 Å². The standard InChI is InChI=1S/C49H45N5/c1-7-11-24-40(10-4)54-45-28-18-16-26-42(45)43-33-38(23-19-29-46(43)54)39-31-30-35(6)53(44-27-17-15-25-41(44)34(5)32-39)49-51-47(36(9-3)20-8-2)50-48(52-49)37-21-13-12-14-22-37/h7-18,20-33,35H,4-5,19H2,1-3,6H3/b11-7-,20-8-,31-30-,36-9+,39-32+,40-24+. The fourth-order valence-electron chi connectivity index (χ4n) is 7.14. The van der Waals surface area contributed by atoms with Crippen LogP contribution in [0.4, 0.5) is 11.6 Å². The molecule has 1 aliphatic carbocycles. The highest BCUT2D eigenvalue weighted by atomic mass is 15.3. The SMILES string of the molecule is C=C/C(=C\C=C/C)n1c2c(c3ccccc31)=CC(C1=C/C(=C)c3ccccc3N(c3nc(C(/C=C\C)=C/C)nc(-c4ccccc4)n3)C(C)/C=C\1)=CCC=2. The molecule has 1 unspecified atom stereocenters. The predicted molar refractivity (Wildman–Crippen MR) is 230 cm³/mol. The molecule has 0 fully saturated rings. The monoisotopic (exact) mass is 703 g/mol. The van der Waals surface area contributed by atoms with Gasteiger partial charge in [0.2, 0.25) is 5.95 Å². The molecule has 1 aliphatic heterocycles. The highest BCUT2D eigenvalue weighted by Gasteiger charge is 2.25. The zero-order valence-electron chi connectivity index (χ0n) is 31.4. The Labute approximate surface area is 318 Å². The van der Waals surface area contributed by atoms with E-state index in [9.17, 15) is 0 Å². The first kappa shape index (κ1) is 35.8. The predicted octanol–water partition coefficient (Wildman–Crippen LogP) is 10.7. The zero-order chi connectivity index (χ0) is 37.6. The first-order valence-electron chi connectivity index (χ1n) is 18.5. The average Bonchev–Trinajstić information content (AvgIpc) is 3.36. The van der Waals surface area contributed by atoms with Gasteiger partial charge in [0, 0.05) is 33.0 Å². The number of hydrogen-bond donors (Lipinski definition) is 0. The summed E-state index contributed by atoms with van der Waals surface area (Å²) < 4.78 is 2.32. The lowest BCUT2D eigenvalue weighted by atomic mass is 9.97. The van der Waals surface area contributed by atoms with E-state index >= 15 is 0 Å². The Hall–Kier alpha value is -6.59. The van der Waals surface area contributed by atoms with Crippen molar-refractivity contribution in [2.24, 2.45) is 0 Å². The maximum absolute atomic E-state index is 5.13. The van der Waals surface area contributed by atoms with E-state index in [1.165, 1.54) is 10.6 Å². The van der Waals surface area contributed by atoms with Crippen LogP contribution in [-0.2, 0) is 0 Å². The minimum absolute atomic E-state index is 0.127. The Morgan fingerprint density at radius 1 is 0.833 bits per heavy atom. The van der Waals surface area contributed by atoms with Crippen molar-refractivity contribution in [2.45, 2.75) is 40.2 Å². The van der Waals surface area contributed by atoms with Crippen LogP contribution in [0.5, 0.6) is 0 Å². The number of para-hydroxylation sites is 2. The minimum atomic E-state index is -0.127. The van der Waals surface area contributed by atoms with E-state index in [0.717, 1.165) is 62.1 Å². The van der Waals surface area contributed by atoms with E-state index in [-0.39, 0.29) is 6.04 Å². The second-order valence-corrected chi connectivity index (χ2v) is 13.2. The van der Waals surface area contributed by atoms with E-state index in [1.54, 1.807) is 0 Å². The van der Waals surface area contributed by atoms with Gasteiger partial charge in [0.25, 0.3) is 0 Å². The molecule has 0 N–H and O–H groups in total. The van der Waals surface area contributed by atoms with Crippen LogP contribution in [0.15, 0.2) is 170 Å². The fraction of sp³-hybridized carbons (Fsp3) is 0.122. The second kappa shape index (κ2) is 16.0. The van der Waals surface area contributed by atoms with Crippen LogP contribution in [0.3, 0.4) is 0 Å². The molecule has 266 valence electrons. The van der Waals surface area contributed by atoms with E-state index in [0.29, 0.717) is 17.6 Å². The summed E-state index contributed by atoms with van der Waals surface area (Å²) in [5, 5.41) is 3.54. The zero-order valence-corrected chi connectivity index (χ0v) is 31.4. The van der Waals surface area contributed by atoms with Crippen molar-refractivity contribution in [3.05, 3.63) is 192 Å². The lowest BCUT2D eigenvalue weighted by Gasteiger charge is -2.30. The summed E-state index contributed by atoms with van der Waals surface area (Å²) in [6.45, 7) is 17.0. The largest absolute Gasteiger partial charge is 0.310 e. The third-order valence-electron chi connectivity index (χ3n) is 9.75. The van der Waals surface area contributed by atoms with E-state index in [1.807, 2.05) is 81.5 Å². The van der Waals surface area contributed by atoms with Crippen molar-refractivity contribution in [3.63, 3.8) is 0 Å². The second-order valence-electron chi connectivity index (χ2n) is 13.2. The smallest absolute Gasteiger partial charge is 0.234 e. The molecule has 5 aromatic rings. The molecular weight excluding hydrogens is 659 g/mol. The highest BCUT2D eigenvalue weighted by Crippen LogP contribution is 2.37. The number of nitrogens with zero attached hydrogens (tertiary/aromatic N) is 5. The van der Waals surface area contributed by atoms with Crippen LogP contribution in [0.25, 0.3) is 51.3 Å². The summed E-state index contributed by atoms with van der Waals surface area (Å²) >= 11 is 0. The molecule has 3 aromatic carbocycles. The molecule has 0 saturated carbocycles. The number of benzene rings is 3. The Morgan fingerprint density at radius 2 is 1.61 bits per heavy atom. The van der Waals surface area contributed by atoms with E-state index in [4.69, 9.17) is 15.0 Å². The molecule has 3 heterocycles. The molecule has 54 heavy (non-hydrogen) atoms. The minimum Gasteiger partial charge on any atom is -0.310 e. The molecule has 5 heteroatoms. The summed E-state index contributed by atoms with van der Waals surface area (Å²) in [4.78, 5) is 17.4. The average molecular weight is 704 g/mol. The maximum Gasteiger partial charge on any atom is 0.234 e. The molecule has 0 radical (unpaired) electrons. The lowest BCUT2D eigenvalue weighted by molar-refractivity contribution is 0.816. The van der Waals surface area contributed by atoms with Crippen molar-refractivity contribution in [1.82, 2.24) is 19.5 Å². The number of anilines is 2. The maximum atomic E-state index is 5.13. The van der Waals surface area contributed by atoms with Crippen LogP contribution in [0.1, 0.15) is 45.5 Å². The highest BCUT2D eigenvalue weighted by molar-refractivity contribution is 5.90. The van der Waals surface area contributed by atoms with Crippen molar-refractivity contribution in [1.29, 1.82) is 0 Å². The number of aromatic nitrogens is 4. The third-order valence-corrected chi connectivity index (χ3v) is 9.75. The third kappa shape index (κ3) is 6.96. The quantitative estimate of drug-likeness (QED) is 0.151. The van der Waals surface area contributed by atoms with Crippen molar-refractivity contribution < 1.29 is 0 Å².